The highest BCUT2D eigenvalue weighted by Crippen LogP contribution is 2.19. The van der Waals surface area contributed by atoms with Crippen molar-refractivity contribution in [3.05, 3.63) is 82.6 Å². The molecule has 0 aliphatic carbocycles. The molecule has 0 bridgehead atoms. The summed E-state index contributed by atoms with van der Waals surface area (Å²) in [7, 11) is 0. The first kappa shape index (κ1) is 16.9. The minimum atomic E-state index is -0.630. The monoisotopic (exact) mass is 354 g/mol. The van der Waals surface area contributed by atoms with Crippen LogP contribution in [-0.4, -0.2) is 28.1 Å². The van der Waals surface area contributed by atoms with E-state index in [2.05, 4.69) is 5.10 Å². The molecule has 0 radical (unpaired) electrons. The second kappa shape index (κ2) is 7.32. The zero-order valence-electron chi connectivity index (χ0n) is 13.5. The molecule has 3 rings (SSSR count). The van der Waals surface area contributed by atoms with Crippen LogP contribution >= 0.6 is 11.6 Å². The highest BCUT2D eigenvalue weighted by atomic mass is 35.5. The van der Waals surface area contributed by atoms with Crippen LogP contribution < -0.4 is 0 Å². The minimum Gasteiger partial charge on any atom is -0.461 e. The highest BCUT2D eigenvalue weighted by Gasteiger charge is 2.24. The fraction of sp³-hybridized carbons (Fsp3) is 0.105. The summed E-state index contributed by atoms with van der Waals surface area (Å²) in [5.74, 6) is -0.918. The smallest absolute Gasteiger partial charge is 0.359 e. The summed E-state index contributed by atoms with van der Waals surface area (Å²) in [6.45, 7) is 1.90. The van der Waals surface area contributed by atoms with E-state index in [1.165, 1.54) is 10.9 Å². The fourth-order valence-electron chi connectivity index (χ4n) is 2.36. The molecule has 5 nitrogen and oxygen atoms in total. The van der Waals surface area contributed by atoms with E-state index in [0.717, 1.165) is 0 Å². The van der Waals surface area contributed by atoms with Gasteiger partial charge in [-0.05, 0) is 31.2 Å². The first-order valence-corrected chi connectivity index (χ1v) is 8.10. The molecule has 0 unspecified atom stereocenters. The second-order valence-corrected chi connectivity index (χ2v) is 5.66. The Labute approximate surface area is 149 Å². The largest absolute Gasteiger partial charge is 0.461 e. The number of carbonyl (C=O) groups excluding carboxylic acids is 2. The van der Waals surface area contributed by atoms with Gasteiger partial charge in [0.1, 0.15) is 0 Å². The number of ketones is 1. The summed E-state index contributed by atoms with van der Waals surface area (Å²) in [5, 5.41) is 4.84. The summed E-state index contributed by atoms with van der Waals surface area (Å²) in [4.78, 5) is 25.0. The number of halogens is 1. The van der Waals surface area contributed by atoms with Crippen LogP contribution in [0.1, 0.15) is 33.3 Å². The molecule has 0 spiro atoms. The molecular formula is C19H15ClN2O3. The summed E-state index contributed by atoms with van der Waals surface area (Å²) >= 11 is 5.90. The van der Waals surface area contributed by atoms with E-state index in [-0.39, 0.29) is 23.6 Å². The predicted octanol–water partition coefficient (Wildman–Crippen LogP) is 3.93. The van der Waals surface area contributed by atoms with Gasteiger partial charge in [-0.3, -0.25) is 4.79 Å². The second-order valence-electron chi connectivity index (χ2n) is 5.23. The Balaban J connectivity index is 2.07. The Morgan fingerprint density at radius 3 is 2.40 bits per heavy atom. The number of rotatable bonds is 5. The maximum atomic E-state index is 12.8. The first-order chi connectivity index (χ1) is 12.1. The van der Waals surface area contributed by atoms with Crippen LogP contribution in [0.25, 0.3) is 5.69 Å². The molecule has 3 aromatic rings. The van der Waals surface area contributed by atoms with E-state index in [4.69, 9.17) is 16.3 Å². The third-order valence-electron chi connectivity index (χ3n) is 3.55. The van der Waals surface area contributed by atoms with Crippen LogP contribution in [-0.2, 0) is 4.74 Å². The van der Waals surface area contributed by atoms with Crippen molar-refractivity contribution in [1.29, 1.82) is 0 Å². The lowest BCUT2D eigenvalue weighted by molar-refractivity contribution is 0.0516. The lowest BCUT2D eigenvalue weighted by Crippen LogP contribution is -2.12. The summed E-state index contributed by atoms with van der Waals surface area (Å²) < 4.78 is 6.51. The number of hydrogen-bond acceptors (Lipinski definition) is 4. The van der Waals surface area contributed by atoms with E-state index in [1.807, 2.05) is 6.07 Å². The molecule has 0 saturated heterocycles. The van der Waals surface area contributed by atoms with Crippen molar-refractivity contribution in [1.82, 2.24) is 9.78 Å². The molecule has 0 fully saturated rings. The Morgan fingerprint density at radius 2 is 1.76 bits per heavy atom. The number of aromatic nitrogens is 2. The van der Waals surface area contributed by atoms with Crippen LogP contribution in [0, 0.1) is 0 Å². The number of ether oxygens (including phenoxy) is 1. The number of nitrogens with zero attached hydrogens (tertiary/aromatic N) is 2. The molecule has 0 N–H and O–H groups in total. The van der Waals surface area contributed by atoms with Gasteiger partial charge in [0.25, 0.3) is 0 Å². The third kappa shape index (κ3) is 3.61. The quantitative estimate of drug-likeness (QED) is 0.514. The molecular weight excluding hydrogens is 340 g/mol. The van der Waals surface area contributed by atoms with Crippen LogP contribution in [0.2, 0.25) is 5.02 Å². The van der Waals surface area contributed by atoms with Gasteiger partial charge >= 0.3 is 5.97 Å². The molecule has 0 amide bonds. The average Bonchev–Trinajstić information content (AvgIpc) is 3.08. The van der Waals surface area contributed by atoms with Crippen molar-refractivity contribution in [2.75, 3.05) is 6.61 Å². The van der Waals surface area contributed by atoms with E-state index in [0.29, 0.717) is 16.3 Å². The topological polar surface area (TPSA) is 61.2 Å². The summed E-state index contributed by atoms with van der Waals surface area (Å²) in [6.07, 6.45) is 1.53. The van der Waals surface area contributed by atoms with E-state index in [9.17, 15) is 9.59 Å². The van der Waals surface area contributed by atoms with Crippen LogP contribution in [0.5, 0.6) is 0 Å². The van der Waals surface area contributed by atoms with Gasteiger partial charge in [-0.1, -0.05) is 41.9 Å². The SMILES string of the molecule is CCOC(=O)c1nn(-c2ccc(Cl)cc2)cc1C(=O)c1ccccc1. The molecule has 1 heterocycles. The van der Waals surface area contributed by atoms with Crippen LogP contribution in [0.3, 0.4) is 0 Å². The van der Waals surface area contributed by atoms with Gasteiger partial charge in [0, 0.05) is 16.8 Å². The van der Waals surface area contributed by atoms with Crippen molar-refractivity contribution in [2.45, 2.75) is 6.92 Å². The molecule has 0 aliphatic rings. The zero-order chi connectivity index (χ0) is 17.8. The van der Waals surface area contributed by atoms with Gasteiger partial charge < -0.3 is 4.74 Å². The lowest BCUT2D eigenvalue weighted by Gasteiger charge is -2.01. The number of hydrogen-bond donors (Lipinski definition) is 0. The predicted molar refractivity (Wildman–Crippen MR) is 94.4 cm³/mol. The Hall–Kier alpha value is -2.92. The Morgan fingerprint density at radius 1 is 1.08 bits per heavy atom. The molecule has 0 atom stereocenters. The number of benzene rings is 2. The molecule has 1 aromatic heterocycles. The van der Waals surface area contributed by atoms with E-state index in [1.54, 1.807) is 55.5 Å². The number of esters is 1. The van der Waals surface area contributed by atoms with Crippen molar-refractivity contribution in [3.8, 4) is 5.69 Å². The summed E-state index contributed by atoms with van der Waals surface area (Å²) in [5.41, 5.74) is 1.34. The first-order valence-electron chi connectivity index (χ1n) is 7.72. The maximum Gasteiger partial charge on any atom is 0.359 e. The van der Waals surface area contributed by atoms with Crippen molar-refractivity contribution in [3.63, 3.8) is 0 Å². The van der Waals surface area contributed by atoms with Crippen LogP contribution in [0.4, 0.5) is 0 Å². The molecule has 2 aromatic carbocycles. The van der Waals surface area contributed by atoms with Crippen molar-refractivity contribution < 1.29 is 14.3 Å². The molecule has 6 heteroatoms. The molecule has 0 saturated carbocycles. The lowest BCUT2D eigenvalue weighted by atomic mass is 10.0. The standard InChI is InChI=1S/C19H15ClN2O3/c1-2-25-19(24)17-16(18(23)13-6-4-3-5-7-13)12-22(21-17)15-10-8-14(20)9-11-15/h3-12H,2H2,1H3. The minimum absolute atomic E-state index is 0.00865. The molecule has 126 valence electrons. The zero-order valence-corrected chi connectivity index (χ0v) is 14.2. The van der Waals surface area contributed by atoms with Gasteiger partial charge in [0.15, 0.2) is 11.5 Å². The number of carbonyl (C=O) groups is 2. The highest BCUT2D eigenvalue weighted by molar-refractivity contribution is 6.30. The summed E-state index contributed by atoms with van der Waals surface area (Å²) in [6, 6.07) is 15.7. The Kier molecular flexibility index (Phi) is 4.95. The average molecular weight is 355 g/mol. The van der Waals surface area contributed by atoms with Gasteiger partial charge in [0.2, 0.25) is 0 Å². The third-order valence-corrected chi connectivity index (χ3v) is 3.81. The van der Waals surface area contributed by atoms with Crippen molar-refractivity contribution >= 4 is 23.4 Å². The van der Waals surface area contributed by atoms with Gasteiger partial charge in [0.05, 0.1) is 17.9 Å². The van der Waals surface area contributed by atoms with Gasteiger partial charge in [-0.2, -0.15) is 5.10 Å². The fourth-order valence-corrected chi connectivity index (χ4v) is 2.49. The molecule has 25 heavy (non-hydrogen) atoms. The van der Waals surface area contributed by atoms with Crippen LogP contribution in [0.15, 0.2) is 60.8 Å². The Bertz CT molecular complexity index is 902. The van der Waals surface area contributed by atoms with Gasteiger partial charge in [-0.15, -0.1) is 0 Å². The van der Waals surface area contributed by atoms with Crippen molar-refractivity contribution in [2.24, 2.45) is 0 Å². The maximum absolute atomic E-state index is 12.8. The van der Waals surface area contributed by atoms with E-state index >= 15 is 0 Å². The van der Waals surface area contributed by atoms with Gasteiger partial charge in [-0.25, -0.2) is 9.48 Å². The molecule has 0 aliphatic heterocycles. The normalized spacial score (nSPS) is 10.5. The van der Waals surface area contributed by atoms with E-state index < -0.39 is 5.97 Å².